The first-order chi connectivity index (χ1) is 14.3. The third-order valence-electron chi connectivity index (χ3n) is 5.62. The molecule has 1 fully saturated rings. The molecule has 0 N–H and O–H groups in total. The van der Waals surface area contributed by atoms with Crippen molar-refractivity contribution >= 4 is 22.8 Å². The Balaban J connectivity index is 1.54. The highest BCUT2D eigenvalue weighted by Crippen LogP contribution is 2.27. The van der Waals surface area contributed by atoms with E-state index in [0.29, 0.717) is 38.6 Å². The van der Waals surface area contributed by atoms with Crippen LogP contribution in [0.2, 0.25) is 0 Å². The first-order valence-corrected chi connectivity index (χ1v) is 10.6. The quantitative estimate of drug-likeness (QED) is 0.669. The van der Waals surface area contributed by atoms with E-state index in [9.17, 15) is 9.59 Å². The molecular weight excluding hydrogens is 384 g/mol. The van der Waals surface area contributed by atoms with E-state index in [1.807, 2.05) is 45.7 Å². The number of ether oxygens (including phenoxy) is 1. The standard InChI is InChI=1S/C21H32N6O3/c1-6-26(7-2)17(28)13-25-8-10-27(11-9-25)18(29)14-30-21-19-15(3)12-16(4)22-20(19)24(5)23-21/h12H,6-11,13-14H2,1-5H3. The average Bonchev–Trinajstić information content (AvgIpc) is 3.03. The minimum absolute atomic E-state index is 0.0577. The number of hydrogen-bond donors (Lipinski definition) is 0. The largest absolute Gasteiger partial charge is 0.466 e. The number of amides is 2. The number of hydrogen-bond acceptors (Lipinski definition) is 6. The van der Waals surface area contributed by atoms with E-state index in [1.54, 1.807) is 9.58 Å². The maximum absolute atomic E-state index is 12.6. The molecule has 2 aromatic heterocycles. The molecular formula is C21H32N6O3. The maximum Gasteiger partial charge on any atom is 0.260 e. The number of likely N-dealkylation sites (N-methyl/N-ethyl adjacent to an activating group) is 1. The van der Waals surface area contributed by atoms with Crippen LogP contribution in [0.3, 0.4) is 0 Å². The van der Waals surface area contributed by atoms with E-state index in [-0.39, 0.29) is 18.4 Å². The Morgan fingerprint density at radius 2 is 1.80 bits per heavy atom. The van der Waals surface area contributed by atoms with Crippen LogP contribution < -0.4 is 4.74 Å². The third kappa shape index (κ3) is 4.72. The van der Waals surface area contributed by atoms with Crippen molar-refractivity contribution in [2.45, 2.75) is 27.7 Å². The van der Waals surface area contributed by atoms with Crippen molar-refractivity contribution in [1.29, 1.82) is 0 Å². The summed E-state index contributed by atoms with van der Waals surface area (Å²) in [7, 11) is 1.82. The molecule has 0 aromatic carbocycles. The van der Waals surface area contributed by atoms with E-state index < -0.39 is 0 Å². The molecule has 0 radical (unpaired) electrons. The van der Waals surface area contributed by atoms with Gasteiger partial charge in [-0.05, 0) is 39.3 Å². The highest BCUT2D eigenvalue weighted by atomic mass is 16.5. The molecule has 0 bridgehead atoms. The topological polar surface area (TPSA) is 83.8 Å². The fourth-order valence-corrected chi connectivity index (χ4v) is 3.89. The summed E-state index contributed by atoms with van der Waals surface area (Å²) < 4.78 is 7.47. The van der Waals surface area contributed by atoms with Crippen LogP contribution in [0, 0.1) is 13.8 Å². The fraction of sp³-hybridized carbons (Fsp3) is 0.619. The summed E-state index contributed by atoms with van der Waals surface area (Å²) >= 11 is 0. The zero-order chi connectivity index (χ0) is 21.8. The van der Waals surface area contributed by atoms with Crippen molar-refractivity contribution in [3.05, 3.63) is 17.3 Å². The van der Waals surface area contributed by atoms with Crippen LogP contribution in [-0.2, 0) is 16.6 Å². The summed E-state index contributed by atoms with van der Waals surface area (Å²) in [6.45, 7) is 12.3. The predicted molar refractivity (Wildman–Crippen MR) is 114 cm³/mol. The van der Waals surface area contributed by atoms with Gasteiger partial charge in [0.15, 0.2) is 12.3 Å². The van der Waals surface area contributed by atoms with Gasteiger partial charge in [-0.1, -0.05) is 0 Å². The molecule has 3 rings (SSSR count). The Morgan fingerprint density at radius 3 is 2.43 bits per heavy atom. The summed E-state index contributed by atoms with van der Waals surface area (Å²) in [5.74, 6) is 0.514. The van der Waals surface area contributed by atoms with E-state index in [0.717, 1.165) is 35.4 Å². The second-order valence-electron chi connectivity index (χ2n) is 7.72. The Hall–Kier alpha value is -2.68. The fourth-order valence-electron chi connectivity index (χ4n) is 3.89. The molecule has 1 aliphatic rings. The molecule has 1 aliphatic heterocycles. The number of aromatic nitrogens is 3. The number of nitrogens with zero attached hydrogens (tertiary/aromatic N) is 6. The molecule has 0 unspecified atom stereocenters. The Labute approximate surface area is 177 Å². The molecule has 0 atom stereocenters. The van der Waals surface area contributed by atoms with Crippen molar-refractivity contribution in [3.8, 4) is 5.88 Å². The lowest BCUT2D eigenvalue weighted by molar-refractivity contribution is -0.136. The van der Waals surface area contributed by atoms with Crippen LogP contribution in [-0.4, -0.2) is 93.7 Å². The van der Waals surface area contributed by atoms with Gasteiger partial charge in [0, 0.05) is 52.0 Å². The number of pyridine rings is 1. The Bertz CT molecular complexity index is 913. The molecule has 3 heterocycles. The third-order valence-corrected chi connectivity index (χ3v) is 5.62. The van der Waals surface area contributed by atoms with Crippen LogP contribution >= 0.6 is 0 Å². The van der Waals surface area contributed by atoms with Gasteiger partial charge in [0.1, 0.15) is 0 Å². The number of aryl methyl sites for hydroxylation is 3. The van der Waals surface area contributed by atoms with Crippen LogP contribution in [0.25, 0.3) is 11.0 Å². The molecule has 2 aromatic rings. The molecule has 1 saturated heterocycles. The summed E-state index contributed by atoms with van der Waals surface area (Å²) in [5.41, 5.74) is 2.70. The first kappa shape index (κ1) is 22.0. The number of carbonyl (C=O) groups is 2. The summed E-state index contributed by atoms with van der Waals surface area (Å²) in [5, 5.41) is 5.24. The molecule has 0 spiro atoms. The normalized spacial score (nSPS) is 14.9. The zero-order valence-corrected chi connectivity index (χ0v) is 18.6. The molecule has 164 valence electrons. The molecule has 0 aliphatic carbocycles. The summed E-state index contributed by atoms with van der Waals surface area (Å²) in [6, 6.07) is 1.98. The van der Waals surface area contributed by atoms with E-state index >= 15 is 0 Å². The van der Waals surface area contributed by atoms with Crippen LogP contribution in [0.4, 0.5) is 0 Å². The van der Waals surface area contributed by atoms with E-state index in [1.165, 1.54) is 0 Å². The number of piperazine rings is 1. The molecule has 0 saturated carbocycles. The van der Waals surface area contributed by atoms with Crippen molar-refractivity contribution in [3.63, 3.8) is 0 Å². The molecule has 9 heteroatoms. The molecule has 30 heavy (non-hydrogen) atoms. The average molecular weight is 417 g/mol. The zero-order valence-electron chi connectivity index (χ0n) is 18.6. The van der Waals surface area contributed by atoms with E-state index in [2.05, 4.69) is 15.0 Å². The lowest BCUT2D eigenvalue weighted by atomic mass is 10.2. The van der Waals surface area contributed by atoms with Crippen molar-refractivity contribution in [1.82, 2.24) is 29.5 Å². The summed E-state index contributed by atoms with van der Waals surface area (Å²) in [4.78, 5) is 35.2. The molecule has 2 amide bonds. The van der Waals surface area contributed by atoms with Gasteiger partial charge in [-0.15, -0.1) is 5.10 Å². The Morgan fingerprint density at radius 1 is 1.13 bits per heavy atom. The van der Waals surface area contributed by atoms with Gasteiger partial charge in [-0.2, -0.15) is 0 Å². The van der Waals surface area contributed by atoms with Gasteiger partial charge in [-0.3, -0.25) is 14.5 Å². The van der Waals surface area contributed by atoms with Crippen molar-refractivity contribution < 1.29 is 14.3 Å². The first-order valence-electron chi connectivity index (χ1n) is 10.6. The van der Waals surface area contributed by atoms with Crippen LogP contribution in [0.1, 0.15) is 25.1 Å². The van der Waals surface area contributed by atoms with E-state index in [4.69, 9.17) is 4.74 Å². The van der Waals surface area contributed by atoms with Gasteiger partial charge in [0.2, 0.25) is 11.8 Å². The SMILES string of the molecule is CCN(CC)C(=O)CN1CCN(C(=O)COc2nn(C)c3nc(C)cc(C)c23)CC1. The monoisotopic (exact) mass is 416 g/mol. The smallest absolute Gasteiger partial charge is 0.260 e. The van der Waals surface area contributed by atoms with Crippen LogP contribution in [0.5, 0.6) is 5.88 Å². The van der Waals surface area contributed by atoms with Gasteiger partial charge < -0.3 is 14.5 Å². The van der Waals surface area contributed by atoms with Gasteiger partial charge in [0.25, 0.3) is 5.91 Å². The predicted octanol–water partition coefficient (Wildman–Crippen LogP) is 0.977. The maximum atomic E-state index is 12.6. The Kier molecular flexibility index (Phi) is 6.91. The second kappa shape index (κ2) is 9.42. The van der Waals surface area contributed by atoms with Crippen molar-refractivity contribution in [2.75, 3.05) is 52.4 Å². The number of carbonyl (C=O) groups excluding carboxylic acids is 2. The number of rotatable bonds is 7. The molecule has 9 nitrogen and oxygen atoms in total. The highest BCUT2D eigenvalue weighted by Gasteiger charge is 2.24. The lowest BCUT2D eigenvalue weighted by Crippen LogP contribution is -2.52. The van der Waals surface area contributed by atoms with Crippen molar-refractivity contribution in [2.24, 2.45) is 7.05 Å². The second-order valence-corrected chi connectivity index (χ2v) is 7.72. The number of fused-ring (bicyclic) bond motifs is 1. The van der Waals surface area contributed by atoms with Crippen LogP contribution in [0.15, 0.2) is 6.07 Å². The van der Waals surface area contributed by atoms with Gasteiger partial charge in [0.05, 0.1) is 11.9 Å². The highest BCUT2D eigenvalue weighted by molar-refractivity contribution is 5.86. The van der Waals surface area contributed by atoms with Gasteiger partial charge >= 0.3 is 0 Å². The van der Waals surface area contributed by atoms with Gasteiger partial charge in [-0.25, -0.2) is 9.67 Å². The summed E-state index contributed by atoms with van der Waals surface area (Å²) in [6.07, 6.45) is 0. The minimum Gasteiger partial charge on any atom is -0.466 e. The minimum atomic E-state index is -0.0683. The lowest BCUT2D eigenvalue weighted by Gasteiger charge is -2.35.